The normalized spacial score (nSPS) is 13.0. The van der Waals surface area contributed by atoms with Crippen LogP contribution in [-0.4, -0.2) is 31.5 Å². The van der Waals surface area contributed by atoms with E-state index in [9.17, 15) is 27.5 Å². The van der Waals surface area contributed by atoms with E-state index in [1.54, 1.807) is 6.92 Å². The quantitative estimate of drug-likeness (QED) is 0.680. The van der Waals surface area contributed by atoms with Gasteiger partial charge in [0.25, 0.3) is 5.56 Å². The number of benzene rings is 1. The van der Waals surface area contributed by atoms with E-state index in [4.69, 9.17) is 0 Å². The average molecular weight is 382 g/mol. The third-order valence-electron chi connectivity index (χ3n) is 3.97. The van der Waals surface area contributed by atoms with Gasteiger partial charge in [0.15, 0.2) is 5.82 Å². The first-order chi connectivity index (χ1) is 12.7. The summed E-state index contributed by atoms with van der Waals surface area (Å²) in [5.74, 6) is -1.43. The van der Waals surface area contributed by atoms with Crippen LogP contribution in [0.1, 0.15) is 28.4 Å². The molecule has 0 spiro atoms. The first kappa shape index (κ1) is 18.8. The van der Waals surface area contributed by atoms with Gasteiger partial charge in [-0.3, -0.25) is 4.79 Å². The summed E-state index contributed by atoms with van der Waals surface area (Å²) in [6.45, 7) is 1.04. The van der Waals surface area contributed by atoms with Crippen molar-refractivity contribution in [3.8, 4) is 5.82 Å². The molecule has 1 atom stereocenters. The van der Waals surface area contributed by atoms with Gasteiger partial charge in [0.1, 0.15) is 11.6 Å². The third kappa shape index (κ3) is 3.90. The van der Waals surface area contributed by atoms with Gasteiger partial charge >= 0.3 is 6.18 Å². The monoisotopic (exact) mass is 382 g/mol. The molecule has 0 saturated heterocycles. The summed E-state index contributed by atoms with van der Waals surface area (Å²) >= 11 is 0. The summed E-state index contributed by atoms with van der Waals surface area (Å²) in [4.78, 5) is 18.1. The Morgan fingerprint density at radius 1 is 1.30 bits per heavy atom. The molecule has 0 bridgehead atoms. The molecule has 2 heterocycles. The van der Waals surface area contributed by atoms with Crippen molar-refractivity contribution in [1.82, 2.24) is 19.7 Å². The van der Waals surface area contributed by atoms with E-state index in [0.29, 0.717) is 17.5 Å². The van der Waals surface area contributed by atoms with Crippen LogP contribution >= 0.6 is 0 Å². The van der Waals surface area contributed by atoms with Crippen molar-refractivity contribution in [2.45, 2.75) is 19.0 Å². The molecule has 142 valence electrons. The van der Waals surface area contributed by atoms with Gasteiger partial charge in [-0.2, -0.15) is 18.3 Å². The number of hydrogen-bond donors (Lipinski definition) is 2. The molecule has 1 aromatic carbocycles. The number of aromatic amines is 1. The van der Waals surface area contributed by atoms with E-state index in [1.165, 1.54) is 23.1 Å². The highest BCUT2D eigenvalue weighted by Crippen LogP contribution is 2.33. The van der Waals surface area contributed by atoms with Gasteiger partial charge in [0.05, 0.1) is 18.4 Å². The van der Waals surface area contributed by atoms with Crippen molar-refractivity contribution in [2.75, 3.05) is 6.61 Å². The van der Waals surface area contributed by atoms with Crippen molar-refractivity contribution in [1.29, 1.82) is 0 Å². The van der Waals surface area contributed by atoms with Crippen LogP contribution in [-0.2, 0) is 6.18 Å². The molecule has 0 radical (unpaired) electrons. The molecule has 2 aromatic heterocycles. The molecule has 3 rings (SSSR count). The number of aromatic nitrogens is 4. The van der Waals surface area contributed by atoms with Crippen molar-refractivity contribution < 1.29 is 22.7 Å². The first-order valence-electron chi connectivity index (χ1n) is 7.79. The van der Waals surface area contributed by atoms with Crippen molar-refractivity contribution in [2.24, 2.45) is 0 Å². The van der Waals surface area contributed by atoms with Gasteiger partial charge in [-0.05, 0) is 24.6 Å². The predicted octanol–water partition coefficient (Wildman–Crippen LogP) is 2.55. The fraction of sp³-hybridized carbons (Fsp3) is 0.235. The standard InChI is InChI=1S/C17H14F4N4O2/c1-9-23-15(5-16(27)24-9)25-7-10(6-22-25)13(8-26)12-3-2-11(4-14(12)18)17(19,20)21/h2-7,13,26H,8H2,1H3,(H,23,24,27)/t13-/m0/s1. The molecule has 3 aromatic rings. The minimum Gasteiger partial charge on any atom is -0.395 e. The van der Waals surface area contributed by atoms with E-state index in [2.05, 4.69) is 15.1 Å². The minimum absolute atomic E-state index is 0.0971. The second-order valence-electron chi connectivity index (χ2n) is 5.88. The minimum atomic E-state index is -4.66. The van der Waals surface area contributed by atoms with Crippen LogP contribution in [0.4, 0.5) is 17.6 Å². The highest BCUT2D eigenvalue weighted by Gasteiger charge is 2.32. The van der Waals surface area contributed by atoms with Crippen LogP contribution in [0, 0.1) is 12.7 Å². The number of hydrogen-bond acceptors (Lipinski definition) is 4. The number of aliphatic hydroxyl groups is 1. The number of aryl methyl sites for hydroxylation is 1. The largest absolute Gasteiger partial charge is 0.416 e. The molecule has 0 aliphatic heterocycles. The Bertz CT molecular complexity index is 1030. The lowest BCUT2D eigenvalue weighted by Gasteiger charge is -2.15. The van der Waals surface area contributed by atoms with Crippen LogP contribution in [0.2, 0.25) is 0 Å². The number of aliphatic hydroxyl groups excluding tert-OH is 1. The summed E-state index contributed by atoms with van der Waals surface area (Å²) < 4.78 is 53.6. The molecule has 27 heavy (non-hydrogen) atoms. The van der Waals surface area contributed by atoms with Crippen LogP contribution in [0.25, 0.3) is 5.82 Å². The van der Waals surface area contributed by atoms with Gasteiger partial charge in [0.2, 0.25) is 0 Å². The average Bonchev–Trinajstić information content (AvgIpc) is 3.05. The molecule has 6 nitrogen and oxygen atoms in total. The second kappa shape index (κ2) is 6.95. The van der Waals surface area contributed by atoms with Crippen LogP contribution in [0.3, 0.4) is 0 Å². The molecule has 0 amide bonds. The Kier molecular flexibility index (Phi) is 4.83. The number of halogens is 4. The zero-order chi connectivity index (χ0) is 19.8. The number of H-pyrrole nitrogens is 1. The van der Waals surface area contributed by atoms with Crippen LogP contribution in [0.5, 0.6) is 0 Å². The molecule has 0 unspecified atom stereocenters. The second-order valence-corrected chi connectivity index (χ2v) is 5.88. The number of alkyl halides is 3. The highest BCUT2D eigenvalue weighted by molar-refractivity contribution is 5.35. The first-order valence-corrected chi connectivity index (χ1v) is 7.79. The molecule has 0 saturated carbocycles. The molecule has 0 aliphatic carbocycles. The zero-order valence-electron chi connectivity index (χ0n) is 14.0. The van der Waals surface area contributed by atoms with E-state index in [-0.39, 0.29) is 16.9 Å². The van der Waals surface area contributed by atoms with Crippen molar-refractivity contribution >= 4 is 0 Å². The Labute approximate surface area is 150 Å². The topological polar surface area (TPSA) is 83.8 Å². The van der Waals surface area contributed by atoms with Gasteiger partial charge in [-0.1, -0.05) is 6.07 Å². The maximum absolute atomic E-state index is 14.2. The van der Waals surface area contributed by atoms with Gasteiger partial charge < -0.3 is 10.1 Å². The number of rotatable bonds is 4. The maximum Gasteiger partial charge on any atom is 0.416 e. The highest BCUT2D eigenvalue weighted by atomic mass is 19.4. The smallest absolute Gasteiger partial charge is 0.395 e. The summed E-state index contributed by atoms with van der Waals surface area (Å²) in [5, 5.41) is 13.7. The molecule has 0 fully saturated rings. The van der Waals surface area contributed by atoms with Crippen LogP contribution in [0.15, 0.2) is 41.5 Å². The maximum atomic E-state index is 14.2. The van der Waals surface area contributed by atoms with Gasteiger partial charge in [-0.15, -0.1) is 0 Å². The Morgan fingerprint density at radius 2 is 2.04 bits per heavy atom. The number of nitrogens with one attached hydrogen (secondary N) is 1. The molecule has 2 N–H and O–H groups in total. The van der Waals surface area contributed by atoms with E-state index in [1.807, 2.05) is 0 Å². The lowest BCUT2D eigenvalue weighted by molar-refractivity contribution is -0.137. The van der Waals surface area contributed by atoms with Crippen LogP contribution < -0.4 is 5.56 Å². The van der Waals surface area contributed by atoms with E-state index in [0.717, 1.165) is 12.1 Å². The summed E-state index contributed by atoms with van der Waals surface area (Å²) in [6.07, 6.45) is -1.90. The molecular weight excluding hydrogens is 368 g/mol. The summed E-state index contributed by atoms with van der Waals surface area (Å²) in [6, 6.07) is 3.35. The van der Waals surface area contributed by atoms with E-state index >= 15 is 0 Å². The molecule has 0 aliphatic rings. The summed E-state index contributed by atoms with van der Waals surface area (Å²) in [5.41, 5.74) is -1.24. The fourth-order valence-electron chi connectivity index (χ4n) is 2.69. The zero-order valence-corrected chi connectivity index (χ0v) is 14.0. The lowest BCUT2D eigenvalue weighted by atomic mass is 9.93. The van der Waals surface area contributed by atoms with Gasteiger partial charge in [0, 0.05) is 23.7 Å². The Hall–Kier alpha value is -3.01. The molecular formula is C17H14F4N4O2. The summed E-state index contributed by atoms with van der Waals surface area (Å²) in [7, 11) is 0. The van der Waals surface area contributed by atoms with Gasteiger partial charge in [-0.25, -0.2) is 14.1 Å². The Balaban J connectivity index is 1.98. The molecule has 10 heteroatoms. The predicted molar refractivity (Wildman–Crippen MR) is 87.0 cm³/mol. The van der Waals surface area contributed by atoms with E-state index < -0.39 is 30.1 Å². The fourth-order valence-corrected chi connectivity index (χ4v) is 2.69. The lowest BCUT2D eigenvalue weighted by Crippen LogP contribution is -2.12. The Morgan fingerprint density at radius 3 is 2.63 bits per heavy atom. The number of nitrogens with zero attached hydrogens (tertiary/aromatic N) is 3. The van der Waals surface area contributed by atoms with Crippen molar-refractivity contribution in [3.05, 3.63) is 75.3 Å². The SMILES string of the molecule is Cc1nc(-n2cc([C@H](CO)c3ccc(C(F)(F)F)cc3F)cn2)cc(=O)[nH]1. The van der Waals surface area contributed by atoms with Crippen molar-refractivity contribution in [3.63, 3.8) is 0 Å². The third-order valence-corrected chi connectivity index (χ3v) is 3.97.